The molecule has 0 aliphatic heterocycles. The number of aromatic amines is 1. The summed E-state index contributed by atoms with van der Waals surface area (Å²) in [5.41, 5.74) is 0.999. The lowest BCUT2D eigenvalue weighted by molar-refractivity contribution is -0.136. The third-order valence-electron chi connectivity index (χ3n) is 1.47. The van der Waals surface area contributed by atoms with Gasteiger partial charge in [-0.15, -0.1) is 0 Å². The molecule has 0 saturated heterocycles. The average Bonchev–Trinajstić information content (AvgIpc) is 2.34. The van der Waals surface area contributed by atoms with Gasteiger partial charge in [-0.1, -0.05) is 0 Å². The Morgan fingerprint density at radius 1 is 1.50 bits per heavy atom. The first-order chi connectivity index (χ1) is 5.59. The summed E-state index contributed by atoms with van der Waals surface area (Å²) in [4.78, 5) is 23.7. The predicted octanol–water partition coefficient (Wildman–Crippen LogP) is 0.844. The van der Waals surface area contributed by atoms with E-state index >= 15 is 0 Å². The number of H-pyrrole nitrogens is 1. The zero-order valence-corrected chi connectivity index (χ0v) is 6.63. The molecule has 2 N–H and O–H groups in total. The molecule has 0 aliphatic carbocycles. The highest BCUT2D eigenvalue weighted by Gasteiger charge is 2.05. The van der Waals surface area contributed by atoms with Gasteiger partial charge < -0.3 is 10.1 Å². The molecular weight excluding hydrogens is 158 g/mol. The molecule has 0 aromatic carbocycles. The van der Waals surface area contributed by atoms with E-state index in [2.05, 4.69) is 4.98 Å². The lowest BCUT2D eigenvalue weighted by Crippen LogP contribution is -2.01. The molecule has 1 aromatic rings. The van der Waals surface area contributed by atoms with Crippen LogP contribution in [-0.2, 0) is 11.2 Å². The molecule has 0 radical (unpaired) electrons. The van der Waals surface area contributed by atoms with E-state index in [1.54, 1.807) is 12.1 Å². The molecular formula is C8H9NO3. The molecule has 0 spiro atoms. The first kappa shape index (κ1) is 8.52. The average molecular weight is 167 g/mol. The van der Waals surface area contributed by atoms with Crippen LogP contribution in [0.4, 0.5) is 0 Å². The van der Waals surface area contributed by atoms with Gasteiger partial charge in [0.2, 0.25) is 0 Å². The van der Waals surface area contributed by atoms with Crippen molar-refractivity contribution >= 4 is 11.8 Å². The van der Waals surface area contributed by atoms with Crippen molar-refractivity contribution < 1.29 is 14.7 Å². The summed E-state index contributed by atoms with van der Waals surface area (Å²) in [7, 11) is 0. The van der Waals surface area contributed by atoms with Gasteiger partial charge in [-0.2, -0.15) is 0 Å². The SMILES string of the molecule is CC(=O)c1ccc(CC(=O)O)[nH]1. The van der Waals surface area contributed by atoms with Crippen molar-refractivity contribution in [2.24, 2.45) is 0 Å². The number of aliphatic carboxylic acids is 1. The molecule has 0 amide bonds. The maximum atomic E-state index is 10.8. The Bertz CT molecular complexity index is 314. The summed E-state index contributed by atoms with van der Waals surface area (Å²) in [5.74, 6) is -1.00. The van der Waals surface area contributed by atoms with Crippen molar-refractivity contribution in [1.29, 1.82) is 0 Å². The van der Waals surface area contributed by atoms with Crippen molar-refractivity contribution in [3.8, 4) is 0 Å². The van der Waals surface area contributed by atoms with Crippen molar-refractivity contribution in [1.82, 2.24) is 4.98 Å². The highest BCUT2D eigenvalue weighted by Crippen LogP contribution is 2.03. The van der Waals surface area contributed by atoms with Gasteiger partial charge in [0.25, 0.3) is 0 Å². The van der Waals surface area contributed by atoms with Crippen LogP contribution >= 0.6 is 0 Å². The van der Waals surface area contributed by atoms with Crippen LogP contribution in [0.1, 0.15) is 23.1 Å². The van der Waals surface area contributed by atoms with Gasteiger partial charge >= 0.3 is 5.97 Å². The molecule has 0 fully saturated rings. The van der Waals surface area contributed by atoms with E-state index < -0.39 is 5.97 Å². The second-order valence-electron chi connectivity index (χ2n) is 2.52. The number of Topliss-reactive ketones (excluding diaryl/α,β-unsaturated/α-hetero) is 1. The monoisotopic (exact) mass is 167 g/mol. The molecule has 0 aliphatic rings. The van der Waals surface area contributed by atoms with Gasteiger partial charge in [-0.3, -0.25) is 9.59 Å². The third kappa shape index (κ3) is 1.95. The van der Waals surface area contributed by atoms with E-state index in [4.69, 9.17) is 5.11 Å². The van der Waals surface area contributed by atoms with E-state index in [-0.39, 0.29) is 12.2 Å². The summed E-state index contributed by atoms with van der Waals surface area (Å²) < 4.78 is 0. The second-order valence-corrected chi connectivity index (χ2v) is 2.52. The Hall–Kier alpha value is -1.58. The summed E-state index contributed by atoms with van der Waals surface area (Å²) >= 11 is 0. The number of carbonyl (C=O) groups excluding carboxylic acids is 1. The maximum Gasteiger partial charge on any atom is 0.309 e. The molecule has 4 nitrogen and oxygen atoms in total. The molecule has 0 bridgehead atoms. The van der Waals surface area contributed by atoms with Crippen LogP contribution < -0.4 is 0 Å². The number of rotatable bonds is 3. The van der Waals surface area contributed by atoms with Crippen LogP contribution in [0.25, 0.3) is 0 Å². The Kier molecular flexibility index (Phi) is 2.28. The quantitative estimate of drug-likeness (QED) is 0.655. The highest BCUT2D eigenvalue weighted by molar-refractivity contribution is 5.92. The van der Waals surface area contributed by atoms with Gasteiger partial charge in [0.05, 0.1) is 12.1 Å². The zero-order chi connectivity index (χ0) is 9.14. The number of carboxylic acids is 1. The highest BCUT2D eigenvalue weighted by atomic mass is 16.4. The number of nitrogens with one attached hydrogen (secondary N) is 1. The Labute approximate surface area is 69.2 Å². The van der Waals surface area contributed by atoms with E-state index in [0.29, 0.717) is 11.4 Å². The molecule has 12 heavy (non-hydrogen) atoms. The van der Waals surface area contributed by atoms with Gasteiger partial charge in [0.1, 0.15) is 0 Å². The lowest BCUT2D eigenvalue weighted by atomic mass is 10.3. The normalized spacial score (nSPS) is 9.75. The van der Waals surface area contributed by atoms with Crippen molar-refractivity contribution in [3.63, 3.8) is 0 Å². The Morgan fingerprint density at radius 3 is 2.58 bits per heavy atom. The minimum atomic E-state index is -0.910. The molecule has 1 heterocycles. The fourth-order valence-electron chi connectivity index (χ4n) is 0.912. The van der Waals surface area contributed by atoms with Crippen LogP contribution in [0.2, 0.25) is 0 Å². The van der Waals surface area contributed by atoms with Crippen molar-refractivity contribution in [2.45, 2.75) is 13.3 Å². The molecule has 1 rings (SSSR count). The van der Waals surface area contributed by atoms with Gasteiger partial charge in [-0.05, 0) is 12.1 Å². The largest absolute Gasteiger partial charge is 0.481 e. The first-order valence-corrected chi connectivity index (χ1v) is 3.50. The fourth-order valence-corrected chi connectivity index (χ4v) is 0.912. The molecule has 0 atom stereocenters. The van der Waals surface area contributed by atoms with E-state index in [1.807, 2.05) is 0 Å². The van der Waals surface area contributed by atoms with Gasteiger partial charge in [-0.25, -0.2) is 0 Å². The van der Waals surface area contributed by atoms with Gasteiger partial charge in [0.15, 0.2) is 5.78 Å². The zero-order valence-electron chi connectivity index (χ0n) is 6.63. The standard InChI is InChI=1S/C8H9NO3/c1-5(10)7-3-2-6(9-7)4-8(11)12/h2-3,9H,4H2,1H3,(H,11,12). The maximum absolute atomic E-state index is 10.8. The van der Waals surface area contributed by atoms with E-state index in [0.717, 1.165) is 0 Å². The van der Waals surface area contributed by atoms with Crippen LogP contribution in [-0.4, -0.2) is 21.8 Å². The molecule has 0 unspecified atom stereocenters. The second kappa shape index (κ2) is 3.21. The van der Waals surface area contributed by atoms with Crippen molar-refractivity contribution in [2.75, 3.05) is 0 Å². The molecule has 64 valence electrons. The molecule has 1 aromatic heterocycles. The van der Waals surface area contributed by atoms with Crippen LogP contribution in [0.3, 0.4) is 0 Å². The number of hydrogen-bond acceptors (Lipinski definition) is 2. The number of carboxylic acid groups (broad SMARTS) is 1. The topological polar surface area (TPSA) is 70.2 Å². The van der Waals surface area contributed by atoms with Crippen LogP contribution in [0, 0.1) is 0 Å². The van der Waals surface area contributed by atoms with Gasteiger partial charge in [0, 0.05) is 12.6 Å². The third-order valence-corrected chi connectivity index (χ3v) is 1.47. The number of hydrogen-bond donors (Lipinski definition) is 2. The van der Waals surface area contributed by atoms with Crippen LogP contribution in [0.15, 0.2) is 12.1 Å². The lowest BCUT2D eigenvalue weighted by Gasteiger charge is -1.90. The molecule has 0 saturated carbocycles. The summed E-state index contributed by atoms with van der Waals surface area (Å²) in [6.45, 7) is 1.43. The summed E-state index contributed by atoms with van der Waals surface area (Å²) in [6, 6.07) is 3.19. The number of ketones is 1. The Balaban J connectivity index is 2.77. The minimum absolute atomic E-state index is 0.0761. The van der Waals surface area contributed by atoms with Crippen LogP contribution in [0.5, 0.6) is 0 Å². The summed E-state index contributed by atoms with van der Waals surface area (Å²) in [5, 5.41) is 8.41. The number of carbonyl (C=O) groups is 2. The smallest absolute Gasteiger partial charge is 0.309 e. The van der Waals surface area contributed by atoms with E-state index in [1.165, 1.54) is 6.92 Å². The Morgan fingerprint density at radius 2 is 2.17 bits per heavy atom. The van der Waals surface area contributed by atoms with E-state index in [9.17, 15) is 9.59 Å². The van der Waals surface area contributed by atoms with Crippen molar-refractivity contribution in [3.05, 3.63) is 23.5 Å². The fraction of sp³-hybridized carbons (Fsp3) is 0.250. The predicted molar refractivity (Wildman–Crippen MR) is 42.1 cm³/mol. The number of aromatic nitrogens is 1. The first-order valence-electron chi connectivity index (χ1n) is 3.50. The summed E-state index contributed by atoms with van der Waals surface area (Å²) in [6.07, 6.45) is -0.0761. The minimum Gasteiger partial charge on any atom is -0.481 e. The molecule has 4 heteroatoms.